The van der Waals surface area contributed by atoms with E-state index < -0.39 is 17.0 Å². The van der Waals surface area contributed by atoms with Crippen molar-refractivity contribution in [1.82, 2.24) is 10.2 Å². The Morgan fingerprint density at radius 1 is 1.26 bits per heavy atom. The summed E-state index contributed by atoms with van der Waals surface area (Å²) in [5, 5.41) is 25.9. The fraction of sp³-hybridized carbons (Fsp3) is 0.188. The molecule has 0 bridgehead atoms. The molecule has 0 spiro atoms. The van der Waals surface area contributed by atoms with Gasteiger partial charge >= 0.3 is 6.03 Å². The number of carbonyl (C=O) groups excluding carboxylic acids is 1. The topological polar surface area (TPSA) is 95.7 Å². The third kappa shape index (κ3) is 2.26. The van der Waals surface area contributed by atoms with Gasteiger partial charge in [0.2, 0.25) is 0 Å². The van der Waals surface area contributed by atoms with Crippen LogP contribution >= 0.6 is 0 Å². The van der Waals surface area contributed by atoms with Crippen LogP contribution in [0.3, 0.4) is 0 Å². The molecule has 2 aromatic carbocycles. The molecule has 1 aliphatic heterocycles. The Hall–Kier alpha value is -3.09. The van der Waals surface area contributed by atoms with Crippen molar-refractivity contribution in [3.63, 3.8) is 0 Å². The van der Waals surface area contributed by atoms with Crippen molar-refractivity contribution < 1.29 is 14.8 Å². The number of phenolic OH excluding ortho intramolecular Hbond substituents is 1. The molecule has 1 heterocycles. The zero-order valence-corrected chi connectivity index (χ0v) is 12.6. The molecule has 2 amide bonds. The second kappa shape index (κ2) is 5.28. The zero-order valence-electron chi connectivity index (χ0n) is 12.6. The summed E-state index contributed by atoms with van der Waals surface area (Å²) in [6.45, 7) is 1.52. The van der Waals surface area contributed by atoms with Crippen LogP contribution in [-0.4, -0.2) is 28.0 Å². The smallest absolute Gasteiger partial charge is 0.322 e. The molecule has 1 unspecified atom stereocenters. The minimum atomic E-state index is -1.01. The first-order valence-corrected chi connectivity index (χ1v) is 7.01. The predicted molar refractivity (Wildman–Crippen MR) is 84.3 cm³/mol. The van der Waals surface area contributed by atoms with Crippen LogP contribution in [0.1, 0.15) is 18.5 Å². The van der Waals surface area contributed by atoms with Crippen LogP contribution in [0.5, 0.6) is 5.75 Å². The molecule has 1 aliphatic rings. The molecule has 0 saturated carbocycles. The van der Waals surface area contributed by atoms with E-state index in [1.165, 1.54) is 24.9 Å². The Labute approximate surface area is 132 Å². The van der Waals surface area contributed by atoms with Crippen LogP contribution < -0.4 is 5.32 Å². The van der Waals surface area contributed by atoms with Gasteiger partial charge in [-0.25, -0.2) is 4.79 Å². The number of fused-ring (bicyclic) bond motifs is 1. The average Bonchev–Trinajstić information content (AvgIpc) is 2.52. The normalized spacial score (nSPS) is 18.3. The van der Waals surface area contributed by atoms with Gasteiger partial charge in [0.05, 0.1) is 10.6 Å². The largest absolute Gasteiger partial charge is 0.508 e. The quantitative estimate of drug-likeness (QED) is 0.658. The highest BCUT2D eigenvalue weighted by atomic mass is 16.6. The van der Waals surface area contributed by atoms with E-state index >= 15 is 0 Å². The van der Waals surface area contributed by atoms with E-state index in [-0.39, 0.29) is 17.1 Å². The fourth-order valence-corrected chi connectivity index (χ4v) is 2.86. The summed E-state index contributed by atoms with van der Waals surface area (Å²) in [5.74, 6) is -0.0919. The first-order valence-electron chi connectivity index (χ1n) is 7.01. The maximum atomic E-state index is 12.1. The van der Waals surface area contributed by atoms with Crippen molar-refractivity contribution in [3.05, 3.63) is 63.5 Å². The molecule has 23 heavy (non-hydrogen) atoms. The summed E-state index contributed by atoms with van der Waals surface area (Å²) in [4.78, 5) is 24.3. The Morgan fingerprint density at radius 2 is 1.96 bits per heavy atom. The second-order valence-corrected chi connectivity index (χ2v) is 5.39. The van der Waals surface area contributed by atoms with Crippen LogP contribution in [0.2, 0.25) is 0 Å². The van der Waals surface area contributed by atoms with Crippen LogP contribution in [0.15, 0.2) is 47.8 Å². The third-order valence-electron chi connectivity index (χ3n) is 4.15. The molecule has 118 valence electrons. The van der Waals surface area contributed by atoms with E-state index in [0.717, 1.165) is 5.39 Å². The Balaban J connectivity index is 2.31. The SMILES string of the molecule is CC1=C([N+](=O)[O-])C(c2c(O)ccc3ccccc23)NC(=O)N1C. The number of hydrogen-bond donors (Lipinski definition) is 2. The number of nitrogens with zero attached hydrogens (tertiary/aromatic N) is 2. The number of nitrogens with one attached hydrogen (secondary N) is 1. The minimum absolute atomic E-state index is 0.0919. The van der Waals surface area contributed by atoms with Crippen LogP contribution in [-0.2, 0) is 0 Å². The standard InChI is InChI=1S/C16H15N3O4/c1-9-15(19(22)23)14(17-16(21)18(9)2)13-11-6-4-3-5-10(11)7-8-12(13)20/h3-8,14,20H,1-2H3,(H,17,21). The highest BCUT2D eigenvalue weighted by molar-refractivity contribution is 5.90. The number of amides is 2. The molecule has 3 rings (SSSR count). The first kappa shape index (κ1) is 14.8. The molecular weight excluding hydrogens is 298 g/mol. The summed E-state index contributed by atoms with van der Waals surface area (Å²) in [7, 11) is 1.47. The van der Waals surface area contributed by atoms with Crippen molar-refractivity contribution in [2.75, 3.05) is 7.05 Å². The van der Waals surface area contributed by atoms with Gasteiger partial charge in [-0.3, -0.25) is 15.0 Å². The van der Waals surface area contributed by atoms with Gasteiger partial charge in [-0.15, -0.1) is 0 Å². The highest BCUT2D eigenvalue weighted by Gasteiger charge is 2.40. The molecule has 7 heteroatoms. The molecule has 0 aromatic heterocycles. The Morgan fingerprint density at radius 3 is 2.65 bits per heavy atom. The number of allylic oxidation sites excluding steroid dienone is 1. The minimum Gasteiger partial charge on any atom is -0.508 e. The average molecular weight is 313 g/mol. The van der Waals surface area contributed by atoms with Gasteiger partial charge in [0.25, 0.3) is 5.70 Å². The molecule has 7 nitrogen and oxygen atoms in total. The van der Waals surface area contributed by atoms with Crippen LogP contribution in [0.25, 0.3) is 10.8 Å². The molecule has 0 aliphatic carbocycles. The van der Waals surface area contributed by atoms with E-state index in [1.807, 2.05) is 12.1 Å². The number of urea groups is 1. The first-order chi connectivity index (χ1) is 10.9. The van der Waals surface area contributed by atoms with E-state index in [9.17, 15) is 20.0 Å². The van der Waals surface area contributed by atoms with E-state index in [1.54, 1.807) is 18.2 Å². The van der Waals surface area contributed by atoms with Crippen molar-refractivity contribution in [1.29, 1.82) is 0 Å². The summed E-state index contributed by atoms with van der Waals surface area (Å²) in [5.41, 5.74) is 0.422. The predicted octanol–water partition coefficient (Wildman–Crippen LogP) is 2.75. The van der Waals surface area contributed by atoms with E-state index in [4.69, 9.17) is 0 Å². The number of benzene rings is 2. The maximum Gasteiger partial charge on any atom is 0.322 e. The maximum absolute atomic E-state index is 12.1. The van der Waals surface area contributed by atoms with Crippen molar-refractivity contribution in [3.8, 4) is 5.75 Å². The molecule has 1 atom stereocenters. The molecule has 2 N–H and O–H groups in total. The Bertz CT molecular complexity index is 860. The molecule has 0 radical (unpaired) electrons. The summed E-state index contributed by atoms with van der Waals surface area (Å²) >= 11 is 0. The molecular formula is C16H15N3O4. The van der Waals surface area contributed by atoms with Gasteiger partial charge in [0.1, 0.15) is 5.75 Å². The zero-order chi connectivity index (χ0) is 16.7. The van der Waals surface area contributed by atoms with E-state index in [2.05, 4.69) is 5.32 Å². The number of hydrogen-bond acceptors (Lipinski definition) is 4. The van der Waals surface area contributed by atoms with Crippen molar-refractivity contribution in [2.45, 2.75) is 13.0 Å². The Kier molecular flexibility index (Phi) is 3.40. The third-order valence-corrected chi connectivity index (χ3v) is 4.15. The number of rotatable bonds is 2. The highest BCUT2D eigenvalue weighted by Crippen LogP contribution is 2.38. The van der Waals surface area contributed by atoms with E-state index in [0.29, 0.717) is 10.9 Å². The fourth-order valence-electron chi connectivity index (χ4n) is 2.86. The number of carbonyl (C=O) groups is 1. The van der Waals surface area contributed by atoms with Crippen LogP contribution in [0.4, 0.5) is 4.79 Å². The number of phenols is 1. The molecule has 0 saturated heterocycles. The van der Waals surface area contributed by atoms with Crippen molar-refractivity contribution >= 4 is 16.8 Å². The summed E-state index contributed by atoms with van der Waals surface area (Å²) in [6.07, 6.45) is 0. The van der Waals surface area contributed by atoms with Crippen molar-refractivity contribution in [2.24, 2.45) is 0 Å². The lowest BCUT2D eigenvalue weighted by Gasteiger charge is -2.30. The molecule has 2 aromatic rings. The lowest BCUT2D eigenvalue weighted by molar-refractivity contribution is -0.433. The van der Waals surface area contributed by atoms with Gasteiger partial charge in [-0.1, -0.05) is 30.3 Å². The summed E-state index contributed by atoms with van der Waals surface area (Å²) in [6, 6.07) is 8.98. The summed E-state index contributed by atoms with van der Waals surface area (Å²) < 4.78 is 0. The van der Waals surface area contributed by atoms with Crippen LogP contribution in [0, 0.1) is 10.1 Å². The molecule has 0 fully saturated rings. The van der Waals surface area contributed by atoms with Gasteiger partial charge < -0.3 is 10.4 Å². The monoisotopic (exact) mass is 313 g/mol. The second-order valence-electron chi connectivity index (χ2n) is 5.39. The lowest BCUT2D eigenvalue weighted by Crippen LogP contribution is -2.46. The number of aromatic hydroxyl groups is 1. The number of nitro groups is 1. The van der Waals surface area contributed by atoms with Gasteiger partial charge in [0, 0.05) is 12.6 Å². The lowest BCUT2D eigenvalue weighted by atomic mass is 9.94. The van der Waals surface area contributed by atoms with Gasteiger partial charge in [0.15, 0.2) is 6.04 Å². The van der Waals surface area contributed by atoms with Gasteiger partial charge in [-0.05, 0) is 23.8 Å². The van der Waals surface area contributed by atoms with Gasteiger partial charge in [-0.2, -0.15) is 0 Å².